The Labute approximate surface area is 189 Å². The number of hydrogen-bond donors (Lipinski definition) is 1. The molecule has 0 amide bonds. The molecule has 30 heavy (non-hydrogen) atoms. The Kier molecular flexibility index (Phi) is 7.57. The van der Waals surface area contributed by atoms with Crippen molar-refractivity contribution in [2.24, 2.45) is 5.16 Å². The van der Waals surface area contributed by atoms with Crippen molar-refractivity contribution in [1.29, 1.82) is 0 Å². The summed E-state index contributed by atoms with van der Waals surface area (Å²) < 4.78 is 0. The van der Waals surface area contributed by atoms with Gasteiger partial charge in [0.25, 0.3) is 0 Å². The van der Waals surface area contributed by atoms with Crippen LogP contribution in [0, 0.1) is 0 Å². The van der Waals surface area contributed by atoms with Gasteiger partial charge in [-0.15, -0.1) is 0 Å². The minimum absolute atomic E-state index is 0. The van der Waals surface area contributed by atoms with Gasteiger partial charge in [-0.3, -0.25) is 0 Å². The third-order valence-corrected chi connectivity index (χ3v) is 9.52. The second kappa shape index (κ2) is 10.3. The SMILES string of the molecule is O/N=C(\C[P+](c1ccccc1)(c1ccccc1)c1ccccc1)c1ccccc1.[Br-]. The van der Waals surface area contributed by atoms with Gasteiger partial charge in [0, 0.05) is 5.56 Å². The van der Waals surface area contributed by atoms with Gasteiger partial charge in [-0.2, -0.15) is 0 Å². The molecule has 0 atom stereocenters. The lowest BCUT2D eigenvalue weighted by molar-refractivity contribution is -0.00000641. The van der Waals surface area contributed by atoms with E-state index in [0.29, 0.717) is 11.9 Å². The van der Waals surface area contributed by atoms with Crippen molar-refractivity contribution in [3.8, 4) is 0 Å². The Balaban J connectivity index is 0.00000256. The molecule has 0 radical (unpaired) electrons. The Morgan fingerprint density at radius 3 is 1.23 bits per heavy atom. The molecule has 4 aromatic rings. The van der Waals surface area contributed by atoms with Crippen LogP contribution in [0.5, 0.6) is 0 Å². The number of benzene rings is 4. The average molecular weight is 476 g/mol. The minimum Gasteiger partial charge on any atom is -1.00 e. The van der Waals surface area contributed by atoms with E-state index in [0.717, 1.165) is 5.56 Å². The summed E-state index contributed by atoms with van der Waals surface area (Å²) in [6.45, 7) is 0. The van der Waals surface area contributed by atoms with Crippen LogP contribution in [0.4, 0.5) is 0 Å². The molecular weight excluding hydrogens is 453 g/mol. The van der Waals surface area contributed by atoms with E-state index in [-0.39, 0.29) is 17.0 Å². The molecule has 4 rings (SSSR count). The quantitative estimate of drug-likeness (QED) is 0.196. The lowest BCUT2D eigenvalue weighted by Gasteiger charge is -2.28. The number of nitrogens with zero attached hydrogens (tertiary/aromatic N) is 1. The fourth-order valence-corrected chi connectivity index (χ4v) is 7.98. The molecule has 4 heteroatoms. The number of oxime groups is 1. The normalized spacial score (nSPS) is 11.5. The molecule has 0 saturated carbocycles. The molecular formula is C26H23BrNOP. The number of hydrogen-bond acceptors (Lipinski definition) is 2. The van der Waals surface area contributed by atoms with Crippen LogP contribution in [0.2, 0.25) is 0 Å². The maximum Gasteiger partial charge on any atom is 0.125 e. The molecule has 150 valence electrons. The first-order chi connectivity index (χ1) is 14.3. The zero-order valence-electron chi connectivity index (χ0n) is 16.5. The fraction of sp³-hybridized carbons (Fsp3) is 0.0385. The molecule has 2 nitrogen and oxygen atoms in total. The van der Waals surface area contributed by atoms with Gasteiger partial charge in [0.1, 0.15) is 35.0 Å². The predicted molar refractivity (Wildman–Crippen MR) is 125 cm³/mol. The Bertz CT molecular complexity index is 974. The van der Waals surface area contributed by atoms with Crippen molar-refractivity contribution in [3.63, 3.8) is 0 Å². The van der Waals surface area contributed by atoms with Crippen molar-refractivity contribution >= 4 is 28.9 Å². The van der Waals surface area contributed by atoms with Gasteiger partial charge in [0.2, 0.25) is 0 Å². The van der Waals surface area contributed by atoms with Crippen LogP contribution < -0.4 is 32.9 Å². The summed E-state index contributed by atoms with van der Waals surface area (Å²) in [5.74, 6) is 0. The van der Waals surface area contributed by atoms with E-state index in [1.54, 1.807) is 0 Å². The highest BCUT2D eigenvalue weighted by atomic mass is 79.9. The summed E-state index contributed by atoms with van der Waals surface area (Å²) in [5.41, 5.74) is 1.65. The van der Waals surface area contributed by atoms with E-state index in [4.69, 9.17) is 0 Å². The molecule has 0 heterocycles. The third kappa shape index (κ3) is 4.38. The highest BCUT2D eigenvalue weighted by molar-refractivity contribution is 7.96. The van der Waals surface area contributed by atoms with Crippen molar-refractivity contribution in [2.45, 2.75) is 0 Å². The first-order valence-corrected chi connectivity index (χ1v) is 11.6. The van der Waals surface area contributed by atoms with Crippen LogP contribution in [0.1, 0.15) is 5.56 Å². The van der Waals surface area contributed by atoms with E-state index in [1.165, 1.54) is 15.9 Å². The zero-order chi connectivity index (χ0) is 19.9. The topological polar surface area (TPSA) is 32.6 Å². The van der Waals surface area contributed by atoms with E-state index in [9.17, 15) is 5.21 Å². The zero-order valence-corrected chi connectivity index (χ0v) is 19.0. The summed E-state index contributed by atoms with van der Waals surface area (Å²) >= 11 is 0. The molecule has 1 N–H and O–H groups in total. The maximum atomic E-state index is 9.99. The standard InChI is InChI=1S/C26H22NOP.BrH/c28-27-26(22-13-5-1-6-14-22)21-29(23-15-7-2-8-16-23,24-17-9-3-10-18-24)25-19-11-4-12-20-25;/h1-20H,21H2;1H/b27-26+;. The summed E-state index contributed by atoms with van der Waals surface area (Å²) in [7, 11) is -2.08. The third-order valence-electron chi connectivity index (χ3n) is 5.21. The molecule has 0 bridgehead atoms. The van der Waals surface area contributed by atoms with Crippen LogP contribution in [-0.2, 0) is 0 Å². The number of halogens is 1. The lowest BCUT2D eigenvalue weighted by Crippen LogP contribution is -3.00. The van der Waals surface area contributed by atoms with Crippen molar-refractivity contribution in [2.75, 3.05) is 6.16 Å². The van der Waals surface area contributed by atoms with Gasteiger partial charge in [-0.25, -0.2) is 0 Å². The average Bonchev–Trinajstić information content (AvgIpc) is 2.82. The van der Waals surface area contributed by atoms with Crippen LogP contribution in [0.3, 0.4) is 0 Å². The van der Waals surface area contributed by atoms with Crippen molar-refractivity contribution < 1.29 is 22.2 Å². The molecule has 0 saturated heterocycles. The van der Waals surface area contributed by atoms with E-state index < -0.39 is 7.26 Å². The predicted octanol–water partition coefficient (Wildman–Crippen LogP) is 1.86. The van der Waals surface area contributed by atoms with Gasteiger partial charge in [0.15, 0.2) is 0 Å². The molecule has 0 aliphatic heterocycles. The molecule has 0 spiro atoms. The van der Waals surface area contributed by atoms with Crippen molar-refractivity contribution in [3.05, 3.63) is 127 Å². The molecule has 0 unspecified atom stereocenters. The first kappa shape index (κ1) is 22.0. The van der Waals surface area contributed by atoms with E-state index in [1.807, 2.05) is 48.5 Å². The second-order valence-corrected chi connectivity index (χ2v) is 10.4. The van der Waals surface area contributed by atoms with Gasteiger partial charge in [-0.05, 0) is 36.4 Å². The smallest absolute Gasteiger partial charge is 0.125 e. The summed E-state index contributed by atoms with van der Waals surface area (Å²) in [6.07, 6.45) is 0.644. The molecule has 0 aliphatic rings. The Morgan fingerprint density at radius 2 is 0.900 bits per heavy atom. The second-order valence-electron chi connectivity index (χ2n) is 6.89. The van der Waals surface area contributed by atoms with Crippen LogP contribution in [0.25, 0.3) is 0 Å². The highest BCUT2D eigenvalue weighted by Crippen LogP contribution is 2.55. The van der Waals surface area contributed by atoms with Crippen LogP contribution in [0.15, 0.2) is 126 Å². The lowest BCUT2D eigenvalue weighted by atomic mass is 10.1. The van der Waals surface area contributed by atoms with Gasteiger partial charge < -0.3 is 22.2 Å². The van der Waals surface area contributed by atoms with Gasteiger partial charge in [0.05, 0.1) is 0 Å². The Hall–Kier alpha value is -2.74. The largest absolute Gasteiger partial charge is 1.00 e. The summed E-state index contributed by atoms with van der Waals surface area (Å²) in [5, 5.41) is 17.6. The molecule has 4 aromatic carbocycles. The number of rotatable bonds is 6. The Morgan fingerprint density at radius 1 is 0.567 bits per heavy atom. The monoisotopic (exact) mass is 475 g/mol. The summed E-state index contributed by atoms with van der Waals surface area (Å²) in [4.78, 5) is 0. The molecule has 0 aliphatic carbocycles. The van der Waals surface area contributed by atoms with Crippen molar-refractivity contribution in [1.82, 2.24) is 0 Å². The fourth-order valence-electron chi connectivity index (χ4n) is 3.80. The van der Waals surface area contributed by atoms with Gasteiger partial charge in [-0.1, -0.05) is 90.1 Å². The molecule has 0 fully saturated rings. The van der Waals surface area contributed by atoms with Gasteiger partial charge >= 0.3 is 0 Å². The van der Waals surface area contributed by atoms with Crippen LogP contribution >= 0.6 is 7.26 Å². The first-order valence-electron chi connectivity index (χ1n) is 9.66. The van der Waals surface area contributed by atoms with Crippen LogP contribution in [-0.4, -0.2) is 17.1 Å². The summed E-state index contributed by atoms with van der Waals surface area (Å²) in [6, 6.07) is 41.9. The highest BCUT2D eigenvalue weighted by Gasteiger charge is 2.46. The molecule has 0 aromatic heterocycles. The van der Waals surface area contributed by atoms with E-state index in [2.05, 4.69) is 78.0 Å². The maximum absolute atomic E-state index is 9.99. The minimum atomic E-state index is -2.08. The van der Waals surface area contributed by atoms with E-state index >= 15 is 0 Å².